The second kappa shape index (κ2) is 10.9. The maximum Gasteiger partial charge on any atom is 0.308 e. The number of hydrogen-bond donors (Lipinski definition) is 2. The number of aliphatic hydroxyl groups is 2. The highest BCUT2D eigenvalue weighted by Gasteiger charge is 2.65. The Hall–Kier alpha value is -1.83. The zero-order chi connectivity index (χ0) is 28.1. The molecule has 4 saturated carbocycles. The van der Waals surface area contributed by atoms with E-state index in [1.807, 2.05) is 6.08 Å². The fourth-order valence-corrected chi connectivity index (χ4v) is 9.14. The lowest BCUT2D eigenvalue weighted by Crippen LogP contribution is -2.56. The number of ketones is 2. The number of allylic oxidation sites excluding steroid dienone is 4. The van der Waals surface area contributed by atoms with Gasteiger partial charge in [-0.05, 0) is 67.9 Å². The summed E-state index contributed by atoms with van der Waals surface area (Å²) in [6.07, 6.45) is 11.1. The Morgan fingerprint density at radius 2 is 1.85 bits per heavy atom. The van der Waals surface area contributed by atoms with Crippen molar-refractivity contribution in [3.63, 3.8) is 0 Å². The molecule has 7 heteroatoms. The summed E-state index contributed by atoms with van der Waals surface area (Å²) in [7, 11) is 0. The van der Waals surface area contributed by atoms with Crippen LogP contribution < -0.4 is 0 Å². The standard InChI is InChI=1S/C32H46O7/c1-18(2)29(36)38-17-25(35)28-26(39-30(37)19-8-6-5-7-9-19)15-23-22-11-10-20-14-21(33)12-13-31(20,3)27(22)24(34)16-32(23,28)4/h12-14,18-19,22-24,26-28,30,34,37H,5-11,15-17H2,1-4H3/t22?,23?,24-,26?,27?,28?,30?,31?,32-/m0/s1. The molecule has 5 aliphatic carbocycles. The first-order valence-corrected chi connectivity index (χ1v) is 15.1. The highest BCUT2D eigenvalue weighted by molar-refractivity contribution is 6.01. The topological polar surface area (TPSA) is 110 Å². The van der Waals surface area contributed by atoms with E-state index >= 15 is 0 Å². The molecule has 9 atom stereocenters. The van der Waals surface area contributed by atoms with Crippen molar-refractivity contribution in [2.24, 2.45) is 46.3 Å². The first-order chi connectivity index (χ1) is 18.5. The van der Waals surface area contributed by atoms with Gasteiger partial charge in [0.25, 0.3) is 0 Å². The minimum atomic E-state index is -0.931. The molecule has 7 unspecified atom stereocenters. The minimum Gasteiger partial charge on any atom is -0.457 e. The average molecular weight is 543 g/mol. The monoisotopic (exact) mass is 542 g/mol. The van der Waals surface area contributed by atoms with Gasteiger partial charge in [-0.25, -0.2) is 0 Å². The van der Waals surface area contributed by atoms with E-state index in [0.717, 1.165) is 44.1 Å². The van der Waals surface area contributed by atoms with Crippen LogP contribution in [0.4, 0.5) is 0 Å². The summed E-state index contributed by atoms with van der Waals surface area (Å²) >= 11 is 0. The lowest BCUT2D eigenvalue weighted by atomic mass is 9.46. The van der Waals surface area contributed by atoms with Crippen LogP contribution in [0.5, 0.6) is 0 Å². The van der Waals surface area contributed by atoms with E-state index in [1.54, 1.807) is 26.0 Å². The second-order valence-corrected chi connectivity index (χ2v) is 13.7. The summed E-state index contributed by atoms with van der Waals surface area (Å²) in [4.78, 5) is 38.2. The Morgan fingerprint density at radius 3 is 2.54 bits per heavy atom. The van der Waals surface area contributed by atoms with Gasteiger partial charge in [-0.2, -0.15) is 0 Å². The van der Waals surface area contributed by atoms with Gasteiger partial charge in [0.15, 0.2) is 17.9 Å². The van der Waals surface area contributed by atoms with Crippen LogP contribution in [0.25, 0.3) is 0 Å². The average Bonchev–Trinajstić information content (AvgIpc) is 3.18. The highest BCUT2D eigenvalue weighted by Crippen LogP contribution is 2.66. The molecule has 2 N–H and O–H groups in total. The Labute approximate surface area is 232 Å². The van der Waals surface area contributed by atoms with E-state index in [1.165, 1.54) is 6.42 Å². The number of Topliss-reactive ketones (excluding diaryl/α,β-unsaturated/α-hetero) is 1. The Balaban J connectivity index is 1.44. The summed E-state index contributed by atoms with van der Waals surface area (Å²) in [5.41, 5.74) is 0.139. The summed E-state index contributed by atoms with van der Waals surface area (Å²) in [6, 6.07) is 0. The third-order valence-corrected chi connectivity index (χ3v) is 11.0. The van der Waals surface area contributed by atoms with Crippen LogP contribution in [0.1, 0.15) is 85.5 Å². The molecule has 5 rings (SSSR count). The van der Waals surface area contributed by atoms with Crippen LogP contribution in [0.2, 0.25) is 0 Å². The van der Waals surface area contributed by atoms with Crippen LogP contribution in [-0.2, 0) is 23.9 Å². The van der Waals surface area contributed by atoms with E-state index in [-0.39, 0.29) is 47.8 Å². The van der Waals surface area contributed by atoms with Crippen molar-refractivity contribution in [3.05, 3.63) is 23.8 Å². The molecular formula is C32H46O7. The fraction of sp³-hybridized carbons (Fsp3) is 0.781. The third-order valence-electron chi connectivity index (χ3n) is 11.0. The minimum absolute atomic E-state index is 0.00342. The van der Waals surface area contributed by atoms with Gasteiger partial charge >= 0.3 is 5.97 Å². The molecule has 7 nitrogen and oxygen atoms in total. The molecule has 0 aliphatic heterocycles. The smallest absolute Gasteiger partial charge is 0.308 e. The normalized spacial score (nSPS) is 40.9. The van der Waals surface area contributed by atoms with Gasteiger partial charge in [-0.1, -0.05) is 58.6 Å². The zero-order valence-corrected chi connectivity index (χ0v) is 23.9. The van der Waals surface area contributed by atoms with E-state index in [2.05, 4.69) is 13.8 Å². The molecule has 0 amide bonds. The van der Waals surface area contributed by atoms with E-state index in [4.69, 9.17) is 9.47 Å². The number of ether oxygens (including phenoxy) is 2. The molecule has 0 saturated heterocycles. The van der Waals surface area contributed by atoms with Crippen molar-refractivity contribution in [2.45, 2.75) is 104 Å². The van der Waals surface area contributed by atoms with Crippen molar-refractivity contribution in [2.75, 3.05) is 6.61 Å². The number of hydrogen-bond acceptors (Lipinski definition) is 7. The fourth-order valence-electron chi connectivity index (χ4n) is 9.14. The molecule has 0 aromatic rings. The van der Waals surface area contributed by atoms with Gasteiger partial charge in [0.05, 0.1) is 24.0 Å². The molecule has 0 radical (unpaired) electrons. The lowest BCUT2D eigenvalue weighted by Gasteiger charge is -2.58. The van der Waals surface area contributed by atoms with Gasteiger partial charge in [-0.15, -0.1) is 0 Å². The Morgan fingerprint density at radius 1 is 1.13 bits per heavy atom. The Bertz CT molecular complexity index is 1040. The van der Waals surface area contributed by atoms with Crippen LogP contribution >= 0.6 is 0 Å². The number of rotatable bonds is 7. The zero-order valence-electron chi connectivity index (χ0n) is 23.9. The quantitative estimate of drug-likeness (QED) is 0.359. The van der Waals surface area contributed by atoms with Gasteiger partial charge in [-0.3, -0.25) is 14.4 Å². The van der Waals surface area contributed by atoms with Crippen molar-refractivity contribution < 1.29 is 34.1 Å². The third kappa shape index (κ3) is 5.08. The Kier molecular flexibility index (Phi) is 7.99. The van der Waals surface area contributed by atoms with Gasteiger partial charge < -0.3 is 19.7 Å². The van der Waals surface area contributed by atoms with E-state index in [0.29, 0.717) is 12.8 Å². The molecule has 0 aromatic heterocycles. The number of esters is 1. The first kappa shape index (κ1) is 28.7. The maximum atomic E-state index is 13.8. The van der Waals surface area contributed by atoms with Crippen LogP contribution in [0, 0.1) is 46.3 Å². The molecule has 0 aromatic carbocycles. The molecular weight excluding hydrogens is 496 g/mol. The van der Waals surface area contributed by atoms with Crippen LogP contribution in [0.3, 0.4) is 0 Å². The maximum absolute atomic E-state index is 13.8. The molecule has 0 bridgehead atoms. The molecule has 0 heterocycles. The first-order valence-electron chi connectivity index (χ1n) is 15.1. The lowest BCUT2D eigenvalue weighted by molar-refractivity contribution is -0.187. The summed E-state index contributed by atoms with van der Waals surface area (Å²) < 4.78 is 11.8. The largest absolute Gasteiger partial charge is 0.457 e. The summed E-state index contributed by atoms with van der Waals surface area (Å²) in [6.45, 7) is 7.39. The number of carbonyl (C=O) groups excluding carboxylic acids is 3. The number of carbonyl (C=O) groups is 3. The predicted octanol–water partition coefficient (Wildman–Crippen LogP) is 4.54. The molecule has 39 heavy (non-hydrogen) atoms. The highest BCUT2D eigenvalue weighted by atomic mass is 16.6. The van der Waals surface area contributed by atoms with Crippen molar-refractivity contribution in [1.29, 1.82) is 0 Å². The SMILES string of the molecule is CC(C)C(=O)OCC(=O)C1C(OC(O)C2CCCCC2)CC2C3CCC4=CC(=O)C=CC4(C)C3[C@@H](O)C[C@@]21C. The van der Waals surface area contributed by atoms with E-state index < -0.39 is 41.2 Å². The van der Waals surface area contributed by atoms with E-state index in [9.17, 15) is 24.6 Å². The van der Waals surface area contributed by atoms with Crippen molar-refractivity contribution in [1.82, 2.24) is 0 Å². The molecule has 0 spiro atoms. The summed E-state index contributed by atoms with van der Waals surface area (Å²) in [5, 5.41) is 22.8. The van der Waals surface area contributed by atoms with Crippen LogP contribution in [-0.4, -0.2) is 52.9 Å². The van der Waals surface area contributed by atoms with Gasteiger partial charge in [0, 0.05) is 17.3 Å². The molecule has 5 aliphatic rings. The van der Waals surface area contributed by atoms with Crippen molar-refractivity contribution in [3.8, 4) is 0 Å². The summed E-state index contributed by atoms with van der Waals surface area (Å²) in [5.74, 6) is -1.25. The molecule has 4 fully saturated rings. The van der Waals surface area contributed by atoms with Crippen LogP contribution in [0.15, 0.2) is 23.8 Å². The number of fused-ring (bicyclic) bond motifs is 5. The van der Waals surface area contributed by atoms with Crippen molar-refractivity contribution >= 4 is 17.5 Å². The molecule has 216 valence electrons. The second-order valence-electron chi connectivity index (χ2n) is 13.7. The van der Waals surface area contributed by atoms with Gasteiger partial charge in [0.2, 0.25) is 0 Å². The van der Waals surface area contributed by atoms with Gasteiger partial charge in [0.1, 0.15) is 6.61 Å². The predicted molar refractivity (Wildman–Crippen MR) is 145 cm³/mol. The number of aliphatic hydroxyl groups excluding tert-OH is 2.